The van der Waals surface area contributed by atoms with Gasteiger partial charge in [-0.15, -0.1) is 0 Å². The molecule has 0 heterocycles. The average molecular weight is 404 g/mol. The van der Waals surface area contributed by atoms with Gasteiger partial charge < -0.3 is 15.5 Å². The third-order valence-electron chi connectivity index (χ3n) is 3.09. The van der Waals surface area contributed by atoms with Gasteiger partial charge in [-0.1, -0.05) is 11.6 Å². The highest BCUT2D eigenvalue weighted by molar-refractivity contribution is 7.91. The Balaban J connectivity index is 3.11. The van der Waals surface area contributed by atoms with Gasteiger partial charge in [-0.05, 0) is 39.0 Å². The van der Waals surface area contributed by atoms with Gasteiger partial charge in [0.2, 0.25) is 5.60 Å². The first-order valence-electron chi connectivity index (χ1n) is 6.82. The molecule has 0 saturated heterocycles. The molecule has 0 fully saturated rings. The van der Waals surface area contributed by atoms with Crippen LogP contribution >= 0.6 is 11.6 Å². The molecule has 6 nitrogen and oxygen atoms in total. The zero-order chi connectivity index (χ0) is 19.8. The van der Waals surface area contributed by atoms with Crippen LogP contribution in [0.5, 0.6) is 0 Å². The van der Waals surface area contributed by atoms with Crippen molar-refractivity contribution in [2.75, 3.05) is 11.1 Å². The fourth-order valence-corrected chi connectivity index (χ4v) is 3.67. The lowest BCUT2D eigenvalue weighted by atomic mass is 10.1. The Morgan fingerprint density at radius 1 is 1.20 bits per heavy atom. The van der Waals surface area contributed by atoms with Crippen LogP contribution in [0.3, 0.4) is 0 Å². The summed E-state index contributed by atoms with van der Waals surface area (Å²) in [4.78, 5) is 11.3. The summed E-state index contributed by atoms with van der Waals surface area (Å²) in [5.41, 5.74) is -5.47. The third-order valence-corrected chi connectivity index (χ3v) is 5.46. The topological polar surface area (TPSA) is 104 Å². The summed E-state index contributed by atoms with van der Waals surface area (Å²) in [5.74, 6) is -2.38. The molecule has 1 amide bonds. The van der Waals surface area contributed by atoms with Crippen molar-refractivity contribution in [2.24, 2.45) is 0 Å². The number of aliphatic hydroxyl groups is 2. The quantitative estimate of drug-likeness (QED) is 0.698. The first-order chi connectivity index (χ1) is 11.0. The fraction of sp³-hybridized carbons (Fsp3) is 0.500. The van der Waals surface area contributed by atoms with Crippen LogP contribution < -0.4 is 5.32 Å². The molecule has 0 aliphatic carbocycles. The Labute approximate surface area is 147 Å². The molecule has 0 aliphatic rings. The molecule has 1 atom stereocenters. The summed E-state index contributed by atoms with van der Waals surface area (Å²) in [6.07, 6.45) is -5.21. The second-order valence-electron chi connectivity index (χ2n) is 6.24. The van der Waals surface area contributed by atoms with E-state index in [2.05, 4.69) is 0 Å². The Morgan fingerprint density at radius 2 is 1.72 bits per heavy atom. The SMILES string of the molecule is CC(C)(O)CS(=O)(=O)c1ccc(NC(=O)C(C)(O)C(F)(F)F)c(Cl)c1. The van der Waals surface area contributed by atoms with E-state index < -0.39 is 38.9 Å². The number of sulfone groups is 1. The normalized spacial score (nSPS) is 15.6. The Hall–Kier alpha value is -1.36. The number of carbonyl (C=O) groups is 1. The number of benzene rings is 1. The third kappa shape index (κ3) is 5.30. The van der Waals surface area contributed by atoms with E-state index >= 15 is 0 Å². The summed E-state index contributed by atoms with van der Waals surface area (Å²) in [5, 5.41) is 20.4. The first-order valence-corrected chi connectivity index (χ1v) is 8.86. The van der Waals surface area contributed by atoms with Crippen molar-refractivity contribution in [3.63, 3.8) is 0 Å². The van der Waals surface area contributed by atoms with Gasteiger partial charge in [-0.25, -0.2) is 8.42 Å². The molecule has 1 rings (SSSR count). The van der Waals surface area contributed by atoms with Gasteiger partial charge in [0.1, 0.15) is 0 Å². The minimum absolute atomic E-state index is 0.276. The van der Waals surface area contributed by atoms with Gasteiger partial charge in [0.25, 0.3) is 5.91 Å². The average Bonchev–Trinajstić information content (AvgIpc) is 2.36. The molecule has 1 aromatic rings. The van der Waals surface area contributed by atoms with E-state index in [0.717, 1.165) is 18.2 Å². The lowest BCUT2D eigenvalue weighted by Gasteiger charge is -2.25. The second kappa shape index (κ2) is 6.75. The largest absolute Gasteiger partial charge is 0.426 e. The van der Waals surface area contributed by atoms with Crippen LogP contribution in [0.1, 0.15) is 20.8 Å². The molecule has 0 spiro atoms. The second-order valence-corrected chi connectivity index (χ2v) is 8.63. The van der Waals surface area contributed by atoms with Crippen molar-refractivity contribution in [2.45, 2.75) is 43.0 Å². The Bertz CT molecular complexity index is 770. The van der Waals surface area contributed by atoms with E-state index in [1.54, 1.807) is 5.32 Å². The summed E-state index contributed by atoms with van der Waals surface area (Å²) >= 11 is 5.81. The van der Waals surface area contributed by atoms with Crippen LogP contribution in [-0.2, 0) is 14.6 Å². The van der Waals surface area contributed by atoms with Crippen LogP contribution in [0, 0.1) is 0 Å². The van der Waals surface area contributed by atoms with Gasteiger partial charge in [0.05, 0.1) is 27.0 Å². The minimum atomic E-state index is -5.21. The molecule has 1 unspecified atom stereocenters. The van der Waals surface area contributed by atoms with Gasteiger partial charge >= 0.3 is 6.18 Å². The number of nitrogens with one attached hydrogen (secondary N) is 1. The number of anilines is 1. The van der Waals surface area contributed by atoms with E-state index in [4.69, 9.17) is 11.6 Å². The number of rotatable bonds is 5. The molecular weight excluding hydrogens is 387 g/mol. The summed E-state index contributed by atoms with van der Waals surface area (Å²) < 4.78 is 62.1. The summed E-state index contributed by atoms with van der Waals surface area (Å²) in [7, 11) is -3.91. The smallest absolute Gasteiger partial charge is 0.389 e. The maximum atomic E-state index is 12.6. The van der Waals surface area contributed by atoms with Crippen LogP contribution in [-0.4, -0.2) is 47.7 Å². The lowest BCUT2D eigenvalue weighted by Crippen LogP contribution is -2.52. The summed E-state index contributed by atoms with van der Waals surface area (Å²) in [6, 6.07) is 2.94. The Morgan fingerprint density at radius 3 is 2.12 bits per heavy atom. The molecule has 3 N–H and O–H groups in total. The minimum Gasteiger partial charge on any atom is -0.389 e. The maximum absolute atomic E-state index is 12.6. The van der Waals surface area contributed by atoms with Crippen molar-refractivity contribution in [1.29, 1.82) is 0 Å². The van der Waals surface area contributed by atoms with Gasteiger partial charge in [-0.3, -0.25) is 4.79 Å². The van der Waals surface area contributed by atoms with Crippen molar-refractivity contribution >= 4 is 33.0 Å². The predicted octanol–water partition coefficient (Wildman–Crippen LogP) is 2.14. The molecule has 142 valence electrons. The molecule has 0 saturated carbocycles. The molecule has 0 aliphatic heterocycles. The van der Waals surface area contributed by atoms with Crippen molar-refractivity contribution in [1.82, 2.24) is 0 Å². The number of alkyl halides is 3. The zero-order valence-corrected chi connectivity index (χ0v) is 15.1. The van der Waals surface area contributed by atoms with Crippen molar-refractivity contribution < 1.29 is 36.6 Å². The van der Waals surface area contributed by atoms with Crippen molar-refractivity contribution in [3.05, 3.63) is 23.2 Å². The molecule has 25 heavy (non-hydrogen) atoms. The Kier molecular flexibility index (Phi) is 5.85. The first kappa shape index (κ1) is 21.7. The number of halogens is 4. The molecule has 1 aromatic carbocycles. The van der Waals surface area contributed by atoms with E-state index in [-0.39, 0.29) is 22.5 Å². The van der Waals surface area contributed by atoms with E-state index in [0.29, 0.717) is 0 Å². The maximum Gasteiger partial charge on any atom is 0.426 e. The lowest BCUT2D eigenvalue weighted by molar-refractivity contribution is -0.242. The highest BCUT2D eigenvalue weighted by atomic mass is 35.5. The van der Waals surface area contributed by atoms with Gasteiger partial charge in [0, 0.05) is 0 Å². The molecule has 11 heteroatoms. The zero-order valence-electron chi connectivity index (χ0n) is 13.5. The van der Waals surface area contributed by atoms with E-state index in [9.17, 15) is 36.6 Å². The van der Waals surface area contributed by atoms with Crippen LogP contribution in [0.2, 0.25) is 5.02 Å². The number of hydrogen-bond acceptors (Lipinski definition) is 5. The van der Waals surface area contributed by atoms with Crippen LogP contribution in [0.25, 0.3) is 0 Å². The van der Waals surface area contributed by atoms with Gasteiger partial charge in [0.15, 0.2) is 9.84 Å². The standard InChI is InChI=1S/C14H17ClF3NO5S/c1-12(2,21)7-25(23,24)8-4-5-10(9(15)6-8)19-11(20)13(3,22)14(16,17)18/h4-6,21-22H,7H2,1-3H3,(H,19,20). The summed E-state index contributed by atoms with van der Waals surface area (Å²) in [6.45, 7) is 2.86. The monoisotopic (exact) mass is 403 g/mol. The molecule has 0 bridgehead atoms. The predicted molar refractivity (Wildman–Crippen MR) is 85.1 cm³/mol. The van der Waals surface area contributed by atoms with Crippen LogP contribution in [0.4, 0.5) is 18.9 Å². The van der Waals surface area contributed by atoms with Crippen LogP contribution in [0.15, 0.2) is 23.1 Å². The highest BCUT2D eigenvalue weighted by Crippen LogP contribution is 2.33. The van der Waals surface area contributed by atoms with Gasteiger partial charge in [-0.2, -0.15) is 13.2 Å². The number of hydrogen-bond donors (Lipinski definition) is 3. The number of carbonyl (C=O) groups excluding carboxylic acids is 1. The van der Waals surface area contributed by atoms with E-state index in [1.165, 1.54) is 13.8 Å². The highest BCUT2D eigenvalue weighted by Gasteiger charge is 2.55. The van der Waals surface area contributed by atoms with Crippen molar-refractivity contribution in [3.8, 4) is 0 Å². The fourth-order valence-electron chi connectivity index (χ4n) is 1.71. The molecule has 0 radical (unpaired) electrons. The molecular formula is C14H17ClF3NO5S. The number of amides is 1. The van der Waals surface area contributed by atoms with E-state index in [1.807, 2.05) is 0 Å². The molecule has 0 aromatic heterocycles.